The van der Waals surface area contributed by atoms with E-state index >= 15 is 0 Å². The molecule has 1 N–H and O–H groups in total. The second-order valence-electron chi connectivity index (χ2n) is 8.25. The first-order valence-corrected chi connectivity index (χ1v) is 13.1. The molecule has 30 heavy (non-hydrogen) atoms. The number of nitrogens with zero attached hydrogens (tertiary/aromatic N) is 2. The molecule has 6 nitrogen and oxygen atoms in total. The number of hydrogen-bond acceptors (Lipinski definition) is 4. The van der Waals surface area contributed by atoms with Gasteiger partial charge in [0.25, 0.3) is 0 Å². The molecule has 1 aromatic carbocycles. The Bertz CT molecular complexity index is 827. The first-order chi connectivity index (χ1) is 14.3. The average molecular weight is 476 g/mol. The Morgan fingerprint density at radius 3 is 2.47 bits per heavy atom. The predicted molar refractivity (Wildman–Crippen MR) is 121 cm³/mol. The van der Waals surface area contributed by atoms with Crippen molar-refractivity contribution in [2.45, 2.75) is 44.3 Å². The van der Waals surface area contributed by atoms with Gasteiger partial charge < -0.3 is 10.2 Å². The predicted octanol–water partition coefficient (Wildman–Crippen LogP) is 3.53. The van der Waals surface area contributed by atoms with E-state index in [1.165, 1.54) is 30.0 Å². The molecule has 3 rings (SSSR count). The zero-order valence-electron chi connectivity index (χ0n) is 17.3. The first-order valence-electron chi connectivity index (χ1n) is 10.8. The summed E-state index contributed by atoms with van der Waals surface area (Å²) in [7, 11) is -3.53. The molecule has 1 atom stereocenters. The van der Waals surface area contributed by atoms with Crippen LogP contribution in [0.1, 0.15) is 44.1 Å². The molecule has 0 unspecified atom stereocenters. The number of benzene rings is 1. The molecule has 0 aromatic heterocycles. The highest BCUT2D eigenvalue weighted by molar-refractivity contribution is 7.88. The lowest BCUT2D eigenvalue weighted by Crippen LogP contribution is -2.46. The minimum absolute atomic E-state index is 0.0424. The number of hydrogen-bond donors (Lipinski definition) is 1. The zero-order valence-corrected chi connectivity index (χ0v) is 19.6. The third-order valence-electron chi connectivity index (χ3n) is 5.91. The number of piperidine rings is 1. The number of nitrogens with one attached hydrogen (secondary N) is 1. The van der Waals surface area contributed by atoms with E-state index < -0.39 is 10.0 Å². The monoisotopic (exact) mass is 475 g/mol. The molecule has 0 aliphatic carbocycles. The van der Waals surface area contributed by atoms with Gasteiger partial charge in [-0.3, -0.25) is 4.79 Å². The Morgan fingerprint density at radius 1 is 1.03 bits per heavy atom. The number of sulfonamides is 1. The molecule has 2 heterocycles. The maximum atomic E-state index is 12.9. The molecule has 1 aromatic rings. The van der Waals surface area contributed by atoms with Crippen LogP contribution in [-0.4, -0.2) is 62.8 Å². The Hall–Kier alpha value is -0.860. The van der Waals surface area contributed by atoms with Crippen molar-refractivity contribution in [1.29, 1.82) is 0 Å². The smallest absolute Gasteiger partial charge is 0.224 e. The highest BCUT2D eigenvalue weighted by atomic mass is 35.5. The average Bonchev–Trinajstić information content (AvgIpc) is 2.99. The molecule has 1 amide bonds. The summed E-state index contributed by atoms with van der Waals surface area (Å²) < 4.78 is 27.2. The van der Waals surface area contributed by atoms with Crippen LogP contribution in [0.5, 0.6) is 0 Å². The molecule has 0 radical (unpaired) electrons. The van der Waals surface area contributed by atoms with Crippen LogP contribution in [-0.2, 0) is 20.6 Å². The Morgan fingerprint density at radius 2 is 1.77 bits per heavy atom. The normalized spacial score (nSPS) is 21.9. The molecule has 2 aliphatic rings. The molecule has 2 aliphatic heterocycles. The Balaban J connectivity index is 1.50. The largest absolute Gasteiger partial charge is 0.355 e. The fourth-order valence-electron chi connectivity index (χ4n) is 4.18. The molecular weight excluding hydrogens is 445 g/mol. The summed E-state index contributed by atoms with van der Waals surface area (Å²) in [5, 5.41) is 3.75. The van der Waals surface area contributed by atoms with Crippen LogP contribution in [0.2, 0.25) is 10.0 Å². The molecule has 2 fully saturated rings. The van der Waals surface area contributed by atoms with Gasteiger partial charge in [0.1, 0.15) is 0 Å². The maximum Gasteiger partial charge on any atom is 0.224 e. The van der Waals surface area contributed by atoms with E-state index in [2.05, 4.69) is 10.2 Å². The van der Waals surface area contributed by atoms with Crippen LogP contribution in [0.15, 0.2) is 18.2 Å². The Labute approximate surface area is 189 Å². The molecular formula is C21H31Cl2N3O3S. The Kier molecular flexibility index (Phi) is 8.83. The SMILES string of the molecule is O=C(NCCN1CCCCCC1)[C@@H]1CCCN(S(=O)(=O)Cc2ccc(Cl)c(Cl)c2)C1. The minimum Gasteiger partial charge on any atom is -0.355 e. The summed E-state index contributed by atoms with van der Waals surface area (Å²) in [6.45, 7) is 4.35. The fraction of sp³-hybridized carbons (Fsp3) is 0.667. The number of rotatable bonds is 7. The number of halogens is 2. The highest BCUT2D eigenvalue weighted by Gasteiger charge is 2.32. The quantitative estimate of drug-likeness (QED) is 0.654. The van der Waals surface area contributed by atoms with Crippen LogP contribution in [0, 0.1) is 5.92 Å². The van der Waals surface area contributed by atoms with Crippen LogP contribution < -0.4 is 5.32 Å². The van der Waals surface area contributed by atoms with Gasteiger partial charge in [-0.1, -0.05) is 42.1 Å². The summed E-state index contributed by atoms with van der Waals surface area (Å²) in [5.74, 6) is -0.488. The first kappa shape index (κ1) is 23.8. The van der Waals surface area contributed by atoms with Gasteiger partial charge in [-0.15, -0.1) is 0 Å². The summed E-state index contributed by atoms with van der Waals surface area (Å²) in [6, 6.07) is 4.85. The second kappa shape index (κ2) is 11.1. The lowest BCUT2D eigenvalue weighted by atomic mass is 9.99. The summed E-state index contributed by atoms with van der Waals surface area (Å²) in [5.41, 5.74) is 0.591. The van der Waals surface area contributed by atoms with Crippen LogP contribution >= 0.6 is 23.2 Å². The van der Waals surface area contributed by atoms with Crippen LogP contribution in [0.3, 0.4) is 0 Å². The van der Waals surface area contributed by atoms with Gasteiger partial charge in [-0.2, -0.15) is 0 Å². The van der Waals surface area contributed by atoms with Crippen LogP contribution in [0.4, 0.5) is 0 Å². The van der Waals surface area contributed by atoms with E-state index in [0.717, 1.165) is 19.6 Å². The molecule has 2 saturated heterocycles. The van der Waals surface area contributed by atoms with Crippen molar-refractivity contribution in [1.82, 2.24) is 14.5 Å². The van der Waals surface area contributed by atoms with Gasteiger partial charge in [0.05, 0.1) is 21.7 Å². The summed E-state index contributed by atoms with van der Waals surface area (Å²) in [6.07, 6.45) is 6.43. The molecule has 9 heteroatoms. The van der Waals surface area contributed by atoms with Crippen molar-refractivity contribution < 1.29 is 13.2 Å². The van der Waals surface area contributed by atoms with E-state index in [-0.39, 0.29) is 24.1 Å². The number of carbonyl (C=O) groups excluding carboxylic acids is 1. The number of likely N-dealkylation sites (tertiary alicyclic amines) is 1. The third-order valence-corrected chi connectivity index (χ3v) is 8.46. The van der Waals surface area contributed by atoms with Crippen LogP contribution in [0.25, 0.3) is 0 Å². The van der Waals surface area contributed by atoms with Crippen molar-refractivity contribution in [3.05, 3.63) is 33.8 Å². The van der Waals surface area contributed by atoms with Gasteiger partial charge in [0.2, 0.25) is 15.9 Å². The van der Waals surface area contributed by atoms with Crippen molar-refractivity contribution in [2.75, 3.05) is 39.3 Å². The van der Waals surface area contributed by atoms with Crippen molar-refractivity contribution in [2.24, 2.45) is 5.92 Å². The molecule has 0 spiro atoms. The highest BCUT2D eigenvalue weighted by Crippen LogP contribution is 2.26. The van der Waals surface area contributed by atoms with E-state index in [1.54, 1.807) is 18.2 Å². The van der Waals surface area contributed by atoms with Crippen molar-refractivity contribution in [3.8, 4) is 0 Å². The standard InChI is InChI=1S/C21H31Cl2N3O3S/c22-19-8-7-17(14-20(19)23)16-30(28,29)26-12-5-6-18(15-26)21(27)24-9-13-25-10-3-1-2-4-11-25/h7-8,14,18H,1-6,9-13,15-16H2,(H,24,27)/t18-/m1/s1. The van der Waals surface area contributed by atoms with Crippen molar-refractivity contribution in [3.63, 3.8) is 0 Å². The van der Waals surface area contributed by atoms with Crippen molar-refractivity contribution >= 4 is 39.1 Å². The fourth-order valence-corrected chi connectivity index (χ4v) is 6.10. The van der Waals surface area contributed by atoms with Gasteiger partial charge >= 0.3 is 0 Å². The van der Waals surface area contributed by atoms with Gasteiger partial charge in [0, 0.05) is 26.2 Å². The summed E-state index contributed by atoms with van der Waals surface area (Å²) in [4.78, 5) is 15.0. The molecule has 0 bridgehead atoms. The number of carbonyl (C=O) groups is 1. The lowest BCUT2D eigenvalue weighted by molar-refractivity contribution is -0.126. The maximum absolute atomic E-state index is 12.9. The minimum atomic E-state index is -3.53. The van der Waals surface area contributed by atoms with E-state index in [4.69, 9.17) is 23.2 Å². The van der Waals surface area contributed by atoms with E-state index in [9.17, 15) is 13.2 Å². The molecule has 0 saturated carbocycles. The number of amides is 1. The second-order valence-corrected chi connectivity index (χ2v) is 11.0. The van der Waals surface area contributed by atoms with Gasteiger partial charge in [-0.05, 0) is 56.5 Å². The summed E-state index contributed by atoms with van der Waals surface area (Å²) >= 11 is 11.9. The van der Waals surface area contributed by atoms with E-state index in [1.807, 2.05) is 0 Å². The topological polar surface area (TPSA) is 69.7 Å². The molecule has 168 valence electrons. The third kappa shape index (κ3) is 6.82. The zero-order chi connectivity index (χ0) is 21.6. The van der Waals surface area contributed by atoms with Gasteiger partial charge in [0.15, 0.2) is 0 Å². The van der Waals surface area contributed by atoms with E-state index in [0.29, 0.717) is 41.5 Å². The lowest BCUT2D eigenvalue weighted by Gasteiger charge is -2.31. The van der Waals surface area contributed by atoms with Gasteiger partial charge in [-0.25, -0.2) is 12.7 Å².